The van der Waals surface area contributed by atoms with E-state index in [-0.39, 0.29) is 12.3 Å². The zero-order valence-corrected chi connectivity index (χ0v) is 22.0. The van der Waals surface area contributed by atoms with Gasteiger partial charge in [0.25, 0.3) is 0 Å². The van der Waals surface area contributed by atoms with Crippen LogP contribution >= 0.6 is 23.2 Å². The Bertz CT molecular complexity index is 1380. The molecule has 0 radical (unpaired) electrons. The van der Waals surface area contributed by atoms with Gasteiger partial charge in [0.05, 0.1) is 28.0 Å². The number of carbonyl (C=O) groups excluding carboxylic acids is 2. The molecule has 0 aliphatic rings. The number of hydrogen-bond donors (Lipinski definition) is 2. The van der Waals surface area contributed by atoms with Crippen molar-refractivity contribution in [3.05, 3.63) is 94.7 Å². The SMILES string of the molecule is NC(=O)[C@H](Cc1ccccc1)NC(=O)CCCCOc1cc(-c2cccnc2)nn1-c1ccc(Cl)c(Cl)c1. The van der Waals surface area contributed by atoms with Gasteiger partial charge < -0.3 is 15.8 Å². The molecular formula is C28H27Cl2N5O3. The number of benzene rings is 2. The number of unbranched alkanes of at least 4 members (excludes halogenated alkanes) is 1. The molecule has 0 saturated heterocycles. The molecule has 10 heteroatoms. The van der Waals surface area contributed by atoms with E-state index in [1.165, 1.54) is 0 Å². The second-order valence-electron chi connectivity index (χ2n) is 8.64. The monoisotopic (exact) mass is 551 g/mol. The van der Waals surface area contributed by atoms with Crippen LogP contribution in [0.3, 0.4) is 0 Å². The minimum absolute atomic E-state index is 0.232. The van der Waals surface area contributed by atoms with E-state index in [4.69, 9.17) is 33.7 Å². The topological polar surface area (TPSA) is 112 Å². The first-order valence-electron chi connectivity index (χ1n) is 12.1. The van der Waals surface area contributed by atoms with Gasteiger partial charge in [-0.3, -0.25) is 14.6 Å². The van der Waals surface area contributed by atoms with Gasteiger partial charge in [0, 0.05) is 36.9 Å². The average Bonchev–Trinajstić information content (AvgIpc) is 3.35. The lowest BCUT2D eigenvalue weighted by molar-refractivity contribution is -0.127. The van der Waals surface area contributed by atoms with Crippen LogP contribution in [0.15, 0.2) is 79.1 Å². The molecule has 0 saturated carbocycles. The third kappa shape index (κ3) is 7.34. The van der Waals surface area contributed by atoms with Crippen molar-refractivity contribution in [3.63, 3.8) is 0 Å². The Labute approximate surface area is 230 Å². The second kappa shape index (κ2) is 13.1. The van der Waals surface area contributed by atoms with Crippen molar-refractivity contribution < 1.29 is 14.3 Å². The van der Waals surface area contributed by atoms with Crippen molar-refractivity contribution in [2.24, 2.45) is 5.73 Å². The van der Waals surface area contributed by atoms with Crippen LogP contribution in [0, 0.1) is 0 Å². The molecule has 196 valence electrons. The molecule has 1 atom stereocenters. The molecule has 4 rings (SSSR count). The summed E-state index contributed by atoms with van der Waals surface area (Å²) in [5.41, 5.74) is 8.64. The number of aromatic nitrogens is 3. The molecule has 0 fully saturated rings. The van der Waals surface area contributed by atoms with E-state index < -0.39 is 11.9 Å². The van der Waals surface area contributed by atoms with Gasteiger partial charge in [0.15, 0.2) is 0 Å². The minimum Gasteiger partial charge on any atom is -0.478 e. The molecule has 2 heterocycles. The highest BCUT2D eigenvalue weighted by atomic mass is 35.5. The number of ether oxygens (including phenoxy) is 1. The molecule has 0 spiro atoms. The maximum Gasteiger partial charge on any atom is 0.240 e. The van der Waals surface area contributed by atoms with Gasteiger partial charge in [0.1, 0.15) is 6.04 Å². The van der Waals surface area contributed by atoms with Crippen molar-refractivity contribution in [1.29, 1.82) is 0 Å². The van der Waals surface area contributed by atoms with E-state index in [0.29, 0.717) is 53.2 Å². The van der Waals surface area contributed by atoms with E-state index >= 15 is 0 Å². The second-order valence-corrected chi connectivity index (χ2v) is 9.45. The van der Waals surface area contributed by atoms with Crippen LogP contribution in [0.25, 0.3) is 16.9 Å². The summed E-state index contributed by atoms with van der Waals surface area (Å²) in [5, 5.41) is 8.26. The molecule has 0 unspecified atom stereocenters. The van der Waals surface area contributed by atoms with Gasteiger partial charge >= 0.3 is 0 Å². The van der Waals surface area contributed by atoms with Crippen molar-refractivity contribution in [2.45, 2.75) is 31.7 Å². The number of hydrogen-bond acceptors (Lipinski definition) is 5. The molecular weight excluding hydrogens is 525 g/mol. The maximum atomic E-state index is 12.4. The lowest BCUT2D eigenvalue weighted by atomic mass is 10.1. The largest absolute Gasteiger partial charge is 0.478 e. The third-order valence-electron chi connectivity index (χ3n) is 5.79. The Hall–Kier alpha value is -3.88. The summed E-state index contributed by atoms with van der Waals surface area (Å²) < 4.78 is 7.69. The number of rotatable bonds is 12. The molecule has 2 aromatic carbocycles. The van der Waals surface area contributed by atoms with Gasteiger partial charge in [0.2, 0.25) is 17.7 Å². The van der Waals surface area contributed by atoms with Crippen LogP contribution in [0.2, 0.25) is 10.0 Å². The molecule has 0 bridgehead atoms. The summed E-state index contributed by atoms with van der Waals surface area (Å²) in [6, 6.07) is 19.5. The van der Waals surface area contributed by atoms with Gasteiger partial charge in [-0.2, -0.15) is 5.10 Å². The quantitative estimate of drug-likeness (QED) is 0.240. The summed E-state index contributed by atoms with van der Waals surface area (Å²) in [5.74, 6) is -0.279. The normalized spacial score (nSPS) is 11.6. The number of pyridine rings is 1. The van der Waals surface area contributed by atoms with E-state index in [1.807, 2.05) is 48.5 Å². The van der Waals surface area contributed by atoms with Crippen LogP contribution in [0.4, 0.5) is 0 Å². The van der Waals surface area contributed by atoms with Crippen LogP contribution in [-0.2, 0) is 16.0 Å². The number of halogens is 2. The number of nitrogens with zero attached hydrogens (tertiary/aromatic N) is 3. The molecule has 2 amide bonds. The average molecular weight is 552 g/mol. The van der Waals surface area contributed by atoms with Gasteiger partial charge in [-0.05, 0) is 48.7 Å². The Morgan fingerprint density at radius 1 is 1.00 bits per heavy atom. The molecule has 4 aromatic rings. The molecule has 3 N–H and O–H groups in total. The fourth-order valence-electron chi connectivity index (χ4n) is 3.83. The highest BCUT2D eigenvalue weighted by Gasteiger charge is 2.18. The van der Waals surface area contributed by atoms with E-state index in [0.717, 1.165) is 11.1 Å². The van der Waals surface area contributed by atoms with Gasteiger partial charge in [-0.1, -0.05) is 53.5 Å². The van der Waals surface area contributed by atoms with E-state index in [9.17, 15) is 9.59 Å². The van der Waals surface area contributed by atoms with Crippen LogP contribution < -0.4 is 15.8 Å². The van der Waals surface area contributed by atoms with Crippen molar-refractivity contribution in [2.75, 3.05) is 6.61 Å². The third-order valence-corrected chi connectivity index (χ3v) is 6.53. The Morgan fingerprint density at radius 3 is 2.53 bits per heavy atom. The van der Waals surface area contributed by atoms with Gasteiger partial charge in [-0.25, -0.2) is 4.68 Å². The smallest absolute Gasteiger partial charge is 0.240 e. The number of nitrogens with one attached hydrogen (secondary N) is 1. The number of nitrogens with two attached hydrogens (primary N) is 1. The van der Waals surface area contributed by atoms with Gasteiger partial charge in [-0.15, -0.1) is 0 Å². The number of amides is 2. The first kappa shape index (κ1) is 27.2. The van der Waals surface area contributed by atoms with Crippen molar-refractivity contribution in [3.8, 4) is 22.8 Å². The summed E-state index contributed by atoms with van der Waals surface area (Å²) in [6.07, 6.45) is 5.19. The molecule has 0 aliphatic heterocycles. The predicted octanol–water partition coefficient (Wildman–Crippen LogP) is 5.00. The fraction of sp³-hybridized carbons (Fsp3) is 0.214. The zero-order valence-electron chi connectivity index (χ0n) is 20.5. The minimum atomic E-state index is -0.757. The summed E-state index contributed by atoms with van der Waals surface area (Å²) in [7, 11) is 0. The highest BCUT2D eigenvalue weighted by molar-refractivity contribution is 6.42. The standard InChI is InChI=1S/C28H27Cl2N5O3/c29-22-12-11-21(16-23(22)30)35-27(17-24(34-35)20-9-6-13-32-18-20)38-14-5-4-10-26(36)33-25(28(31)37)15-19-7-2-1-3-8-19/h1-3,6-9,11-13,16-18,25H,4-5,10,14-15H2,(H2,31,37)(H,33,36)/t25-/m0/s1. The Morgan fingerprint density at radius 2 is 1.82 bits per heavy atom. The first-order valence-corrected chi connectivity index (χ1v) is 12.9. The predicted molar refractivity (Wildman–Crippen MR) is 147 cm³/mol. The molecule has 8 nitrogen and oxygen atoms in total. The van der Waals surface area contributed by atoms with E-state index in [2.05, 4.69) is 15.4 Å². The summed E-state index contributed by atoms with van der Waals surface area (Å²) >= 11 is 12.3. The molecule has 2 aromatic heterocycles. The Balaban J connectivity index is 1.34. The lowest BCUT2D eigenvalue weighted by Gasteiger charge is -2.15. The van der Waals surface area contributed by atoms with Crippen molar-refractivity contribution >= 4 is 35.0 Å². The van der Waals surface area contributed by atoms with Crippen LogP contribution in [0.5, 0.6) is 5.88 Å². The first-order chi connectivity index (χ1) is 18.4. The fourth-order valence-corrected chi connectivity index (χ4v) is 4.12. The Kier molecular flexibility index (Phi) is 9.35. The highest BCUT2D eigenvalue weighted by Crippen LogP contribution is 2.29. The zero-order chi connectivity index (χ0) is 26.9. The van der Waals surface area contributed by atoms with Crippen LogP contribution in [-0.4, -0.2) is 39.2 Å². The van der Waals surface area contributed by atoms with Crippen molar-refractivity contribution in [1.82, 2.24) is 20.1 Å². The summed E-state index contributed by atoms with van der Waals surface area (Å²) in [6.45, 7) is 0.357. The number of carbonyl (C=O) groups is 2. The summed E-state index contributed by atoms with van der Waals surface area (Å²) in [4.78, 5) is 28.4. The number of primary amides is 1. The molecule has 0 aliphatic carbocycles. The molecule has 38 heavy (non-hydrogen) atoms. The van der Waals surface area contributed by atoms with Crippen LogP contribution in [0.1, 0.15) is 24.8 Å². The maximum absolute atomic E-state index is 12.4. The van der Waals surface area contributed by atoms with E-state index in [1.54, 1.807) is 35.3 Å². The lowest BCUT2D eigenvalue weighted by Crippen LogP contribution is -2.45.